The normalized spacial score (nSPS) is 16.6. The van der Waals surface area contributed by atoms with E-state index in [0.29, 0.717) is 22.8 Å². The second kappa shape index (κ2) is 7.74. The zero-order valence-electron chi connectivity index (χ0n) is 13.5. The van der Waals surface area contributed by atoms with Crippen LogP contribution in [0, 0.1) is 6.92 Å². The van der Waals surface area contributed by atoms with Gasteiger partial charge >= 0.3 is 0 Å². The Balaban J connectivity index is 1.83. The smallest absolute Gasteiger partial charge is 0.227 e. The Bertz CT molecular complexity index is 590. The Morgan fingerprint density at radius 3 is 2.64 bits per heavy atom. The van der Waals surface area contributed by atoms with Crippen LogP contribution in [0.15, 0.2) is 4.99 Å². The van der Waals surface area contributed by atoms with Gasteiger partial charge in [-0.3, -0.25) is 14.6 Å². The standard InChI is InChI=1S/C16H23N3O2S/c1-11-18-14-15(21)12(10-13(20)16(14)22-11)17-8-6-4-5-7-9-19(2)3/h4-10H2,1-3H3. The number of ketones is 2. The number of fused-ring (bicyclic) bond motifs is 1. The summed E-state index contributed by atoms with van der Waals surface area (Å²) >= 11 is 1.30. The maximum atomic E-state index is 12.3. The summed E-state index contributed by atoms with van der Waals surface area (Å²) < 4.78 is 0. The molecule has 0 fully saturated rings. The fraction of sp³-hybridized carbons (Fsp3) is 0.625. The third kappa shape index (κ3) is 4.30. The minimum Gasteiger partial charge on any atom is -0.309 e. The van der Waals surface area contributed by atoms with Crippen LogP contribution in [-0.2, 0) is 0 Å². The molecule has 0 saturated carbocycles. The topological polar surface area (TPSA) is 62.6 Å². The monoisotopic (exact) mass is 321 g/mol. The lowest BCUT2D eigenvalue weighted by Gasteiger charge is -2.10. The van der Waals surface area contributed by atoms with Crippen molar-refractivity contribution in [2.75, 3.05) is 27.2 Å². The molecule has 0 radical (unpaired) electrons. The van der Waals surface area contributed by atoms with Crippen molar-refractivity contribution in [3.05, 3.63) is 15.6 Å². The molecule has 1 aliphatic rings. The van der Waals surface area contributed by atoms with E-state index >= 15 is 0 Å². The molecule has 2 rings (SSSR count). The van der Waals surface area contributed by atoms with Gasteiger partial charge in [-0.2, -0.15) is 0 Å². The molecule has 1 heterocycles. The minimum absolute atomic E-state index is 0.0232. The SMILES string of the molecule is Cc1nc2c(s1)C(=O)CC(=NCCCCCCN(C)C)C2=O. The average molecular weight is 321 g/mol. The van der Waals surface area contributed by atoms with Gasteiger partial charge in [0.2, 0.25) is 5.78 Å². The van der Waals surface area contributed by atoms with Crippen molar-refractivity contribution in [3.8, 4) is 0 Å². The summed E-state index contributed by atoms with van der Waals surface area (Å²) in [6.45, 7) is 3.54. The molecule has 1 aliphatic carbocycles. The second-order valence-electron chi connectivity index (χ2n) is 5.89. The number of carbonyl (C=O) groups excluding carboxylic acids is 2. The van der Waals surface area contributed by atoms with Crippen LogP contribution in [0.25, 0.3) is 0 Å². The minimum atomic E-state index is -0.161. The highest BCUT2D eigenvalue weighted by atomic mass is 32.1. The molecule has 1 aromatic rings. The van der Waals surface area contributed by atoms with Gasteiger partial charge in [-0.1, -0.05) is 12.8 Å². The van der Waals surface area contributed by atoms with Crippen LogP contribution < -0.4 is 0 Å². The number of thiazole rings is 1. The highest BCUT2D eigenvalue weighted by molar-refractivity contribution is 7.14. The van der Waals surface area contributed by atoms with Crippen molar-refractivity contribution >= 4 is 28.6 Å². The fourth-order valence-electron chi connectivity index (χ4n) is 2.45. The number of carbonyl (C=O) groups is 2. The number of hydrogen-bond donors (Lipinski definition) is 0. The van der Waals surface area contributed by atoms with E-state index in [9.17, 15) is 9.59 Å². The van der Waals surface area contributed by atoms with E-state index in [4.69, 9.17) is 0 Å². The van der Waals surface area contributed by atoms with Crippen LogP contribution in [0.1, 0.15) is 57.3 Å². The Kier molecular flexibility index (Phi) is 5.97. The Morgan fingerprint density at radius 1 is 1.18 bits per heavy atom. The van der Waals surface area contributed by atoms with E-state index in [0.717, 1.165) is 24.4 Å². The van der Waals surface area contributed by atoms with Crippen LogP contribution in [-0.4, -0.2) is 54.3 Å². The summed E-state index contributed by atoms with van der Waals surface area (Å²) in [4.78, 5) is 35.5. The number of aliphatic imine (C=N–C) groups is 1. The number of unbranched alkanes of at least 4 members (excludes halogenated alkanes) is 3. The predicted octanol–water partition coefficient (Wildman–Crippen LogP) is 2.78. The molecule has 0 aliphatic heterocycles. The largest absolute Gasteiger partial charge is 0.309 e. The first-order valence-electron chi connectivity index (χ1n) is 7.72. The zero-order chi connectivity index (χ0) is 16.1. The Hall–Kier alpha value is -1.40. The number of hydrogen-bond acceptors (Lipinski definition) is 6. The Morgan fingerprint density at radius 2 is 1.91 bits per heavy atom. The van der Waals surface area contributed by atoms with E-state index < -0.39 is 0 Å². The molecule has 0 unspecified atom stereocenters. The summed E-state index contributed by atoms with van der Waals surface area (Å²) in [5, 5.41) is 0.758. The van der Waals surface area contributed by atoms with E-state index in [1.54, 1.807) is 0 Å². The first kappa shape index (κ1) is 17.0. The van der Waals surface area contributed by atoms with Crippen molar-refractivity contribution < 1.29 is 9.59 Å². The van der Waals surface area contributed by atoms with Gasteiger partial charge < -0.3 is 4.90 Å². The molecule has 0 amide bonds. The van der Waals surface area contributed by atoms with Crippen LogP contribution in [0.3, 0.4) is 0 Å². The van der Waals surface area contributed by atoms with E-state index in [2.05, 4.69) is 29.0 Å². The van der Waals surface area contributed by atoms with Gasteiger partial charge in [0.15, 0.2) is 5.78 Å². The summed E-state index contributed by atoms with van der Waals surface area (Å²) in [7, 11) is 4.15. The van der Waals surface area contributed by atoms with Gasteiger partial charge in [0, 0.05) is 6.54 Å². The number of aromatic nitrogens is 1. The van der Waals surface area contributed by atoms with E-state index in [-0.39, 0.29) is 18.0 Å². The molecule has 0 saturated heterocycles. The molecule has 120 valence electrons. The molecule has 5 nitrogen and oxygen atoms in total. The van der Waals surface area contributed by atoms with Crippen molar-refractivity contribution in [3.63, 3.8) is 0 Å². The van der Waals surface area contributed by atoms with Crippen LogP contribution >= 0.6 is 11.3 Å². The predicted molar refractivity (Wildman–Crippen MR) is 89.5 cm³/mol. The second-order valence-corrected chi connectivity index (χ2v) is 7.09. The highest BCUT2D eigenvalue weighted by Crippen LogP contribution is 2.25. The summed E-state index contributed by atoms with van der Waals surface area (Å²) in [5.41, 5.74) is 0.694. The lowest BCUT2D eigenvalue weighted by molar-refractivity contribution is 0.0966. The molecule has 0 bridgehead atoms. The molecular formula is C16H23N3O2S. The Labute approximate surface area is 135 Å². The van der Waals surface area contributed by atoms with Crippen LogP contribution in [0.4, 0.5) is 0 Å². The number of aryl methyl sites for hydroxylation is 1. The molecule has 0 aromatic carbocycles. The number of Topliss-reactive ketones (excluding diaryl/α,β-unsaturated/α-hetero) is 2. The average Bonchev–Trinajstić information content (AvgIpc) is 2.85. The quantitative estimate of drug-likeness (QED) is 0.725. The summed E-state index contributed by atoms with van der Waals surface area (Å²) in [6, 6.07) is 0. The highest BCUT2D eigenvalue weighted by Gasteiger charge is 2.32. The number of rotatable bonds is 7. The lowest BCUT2D eigenvalue weighted by atomic mass is 9.98. The lowest BCUT2D eigenvalue weighted by Crippen LogP contribution is -2.26. The van der Waals surface area contributed by atoms with E-state index in [1.165, 1.54) is 24.2 Å². The zero-order valence-corrected chi connectivity index (χ0v) is 14.3. The van der Waals surface area contributed by atoms with Gasteiger partial charge in [-0.15, -0.1) is 11.3 Å². The van der Waals surface area contributed by atoms with Gasteiger partial charge in [0.05, 0.1) is 17.1 Å². The van der Waals surface area contributed by atoms with Gasteiger partial charge in [0.1, 0.15) is 10.6 Å². The van der Waals surface area contributed by atoms with Gasteiger partial charge in [-0.25, -0.2) is 4.98 Å². The van der Waals surface area contributed by atoms with Crippen molar-refractivity contribution in [1.82, 2.24) is 9.88 Å². The molecule has 6 heteroatoms. The van der Waals surface area contributed by atoms with Crippen LogP contribution in [0.2, 0.25) is 0 Å². The molecule has 0 atom stereocenters. The van der Waals surface area contributed by atoms with Gasteiger partial charge in [-0.05, 0) is 40.4 Å². The van der Waals surface area contributed by atoms with E-state index in [1.807, 2.05) is 6.92 Å². The van der Waals surface area contributed by atoms with Crippen LogP contribution in [0.5, 0.6) is 0 Å². The van der Waals surface area contributed by atoms with Gasteiger partial charge in [0.25, 0.3) is 0 Å². The molecular weight excluding hydrogens is 298 g/mol. The first-order chi connectivity index (χ1) is 10.5. The fourth-order valence-corrected chi connectivity index (χ4v) is 3.31. The first-order valence-corrected chi connectivity index (χ1v) is 8.54. The molecule has 1 aromatic heterocycles. The van der Waals surface area contributed by atoms with Crippen molar-refractivity contribution in [1.29, 1.82) is 0 Å². The maximum Gasteiger partial charge on any atom is 0.227 e. The molecule has 0 spiro atoms. The van der Waals surface area contributed by atoms with Crippen molar-refractivity contribution in [2.24, 2.45) is 4.99 Å². The maximum absolute atomic E-state index is 12.3. The summed E-state index contributed by atoms with van der Waals surface area (Å²) in [6.07, 6.45) is 4.55. The summed E-state index contributed by atoms with van der Waals surface area (Å²) in [5.74, 6) is -0.184. The molecule has 0 N–H and O–H groups in total. The number of nitrogens with zero attached hydrogens (tertiary/aromatic N) is 3. The molecule has 22 heavy (non-hydrogen) atoms. The third-order valence-corrected chi connectivity index (χ3v) is 4.62. The van der Waals surface area contributed by atoms with Crippen molar-refractivity contribution in [2.45, 2.75) is 39.0 Å². The third-order valence-electron chi connectivity index (χ3n) is 3.61.